The minimum Gasteiger partial charge on any atom is -0.372 e. The van der Waals surface area contributed by atoms with E-state index < -0.39 is 0 Å². The quantitative estimate of drug-likeness (QED) is 0.791. The Morgan fingerprint density at radius 1 is 1.47 bits per heavy atom. The molecule has 0 aromatic heterocycles. The lowest BCUT2D eigenvalue weighted by atomic mass is 10.1. The van der Waals surface area contributed by atoms with Crippen LogP contribution in [0.3, 0.4) is 0 Å². The Balaban J connectivity index is 2.00. The van der Waals surface area contributed by atoms with Crippen molar-refractivity contribution in [3.63, 3.8) is 0 Å². The molecular weight excluding hydrogens is 191 g/mol. The number of aryl methyl sites for hydroxylation is 1. The SMILES string of the molecule is Cc1ccc(F)cc1CNC1=CCCN1. The number of benzene rings is 1. The second-order valence-corrected chi connectivity index (χ2v) is 3.76. The molecule has 80 valence electrons. The van der Waals surface area contributed by atoms with Gasteiger partial charge in [-0.15, -0.1) is 0 Å². The van der Waals surface area contributed by atoms with Crippen molar-refractivity contribution in [2.45, 2.75) is 19.9 Å². The molecule has 1 heterocycles. The first-order valence-corrected chi connectivity index (χ1v) is 5.18. The van der Waals surface area contributed by atoms with Crippen LogP contribution in [0, 0.1) is 12.7 Å². The third-order valence-corrected chi connectivity index (χ3v) is 2.59. The summed E-state index contributed by atoms with van der Waals surface area (Å²) in [5.74, 6) is 0.879. The smallest absolute Gasteiger partial charge is 0.123 e. The molecule has 0 spiro atoms. The van der Waals surface area contributed by atoms with Gasteiger partial charge < -0.3 is 10.6 Å². The van der Waals surface area contributed by atoms with Crippen LogP contribution in [0.1, 0.15) is 17.5 Å². The van der Waals surface area contributed by atoms with Gasteiger partial charge in [0.15, 0.2) is 0 Å². The van der Waals surface area contributed by atoms with E-state index in [9.17, 15) is 4.39 Å². The Kier molecular flexibility index (Phi) is 2.90. The summed E-state index contributed by atoms with van der Waals surface area (Å²) in [5, 5.41) is 6.47. The number of hydrogen-bond acceptors (Lipinski definition) is 2. The molecule has 2 N–H and O–H groups in total. The van der Waals surface area contributed by atoms with Gasteiger partial charge in [0.1, 0.15) is 5.82 Å². The highest BCUT2D eigenvalue weighted by Crippen LogP contribution is 2.10. The van der Waals surface area contributed by atoms with Crippen LogP contribution < -0.4 is 10.6 Å². The lowest BCUT2D eigenvalue weighted by molar-refractivity contribution is 0.622. The lowest BCUT2D eigenvalue weighted by Crippen LogP contribution is -2.22. The van der Waals surface area contributed by atoms with Crippen molar-refractivity contribution in [3.8, 4) is 0 Å². The minimum atomic E-state index is -0.175. The fraction of sp³-hybridized carbons (Fsp3) is 0.333. The molecule has 3 heteroatoms. The number of halogens is 1. The van der Waals surface area contributed by atoms with Gasteiger partial charge in [-0.1, -0.05) is 6.07 Å². The van der Waals surface area contributed by atoms with Gasteiger partial charge in [0.25, 0.3) is 0 Å². The third-order valence-electron chi connectivity index (χ3n) is 2.59. The average molecular weight is 206 g/mol. The van der Waals surface area contributed by atoms with E-state index in [2.05, 4.69) is 16.7 Å². The van der Waals surface area contributed by atoms with Crippen molar-refractivity contribution in [1.82, 2.24) is 10.6 Å². The Morgan fingerprint density at radius 3 is 3.07 bits per heavy atom. The van der Waals surface area contributed by atoms with Crippen LogP contribution in [-0.2, 0) is 6.54 Å². The van der Waals surface area contributed by atoms with Crippen LogP contribution >= 0.6 is 0 Å². The molecule has 0 fully saturated rings. The van der Waals surface area contributed by atoms with Gasteiger partial charge in [-0.3, -0.25) is 0 Å². The fourth-order valence-electron chi connectivity index (χ4n) is 1.65. The second kappa shape index (κ2) is 4.34. The van der Waals surface area contributed by atoms with E-state index in [4.69, 9.17) is 0 Å². The standard InChI is InChI=1S/C12H15FN2/c1-9-4-5-11(13)7-10(9)8-15-12-3-2-6-14-12/h3-5,7,14-15H,2,6,8H2,1H3. The van der Waals surface area contributed by atoms with Crippen LogP contribution in [-0.4, -0.2) is 6.54 Å². The lowest BCUT2D eigenvalue weighted by Gasteiger charge is -2.10. The van der Waals surface area contributed by atoms with E-state index in [1.165, 1.54) is 6.07 Å². The zero-order chi connectivity index (χ0) is 10.7. The van der Waals surface area contributed by atoms with Gasteiger partial charge in [0.05, 0.1) is 5.82 Å². The Morgan fingerprint density at radius 2 is 2.33 bits per heavy atom. The maximum atomic E-state index is 13.0. The van der Waals surface area contributed by atoms with E-state index in [0.29, 0.717) is 6.54 Å². The molecule has 1 aliphatic rings. The molecule has 1 aliphatic heterocycles. The van der Waals surface area contributed by atoms with Crippen molar-refractivity contribution >= 4 is 0 Å². The molecule has 1 aromatic carbocycles. The largest absolute Gasteiger partial charge is 0.372 e. The first-order chi connectivity index (χ1) is 7.25. The maximum Gasteiger partial charge on any atom is 0.123 e. The highest BCUT2D eigenvalue weighted by atomic mass is 19.1. The highest BCUT2D eigenvalue weighted by Gasteiger charge is 2.04. The van der Waals surface area contributed by atoms with Crippen LogP contribution in [0.4, 0.5) is 4.39 Å². The Hall–Kier alpha value is -1.51. The first kappa shape index (κ1) is 10.0. The summed E-state index contributed by atoms with van der Waals surface area (Å²) in [5.41, 5.74) is 2.12. The summed E-state index contributed by atoms with van der Waals surface area (Å²) >= 11 is 0. The van der Waals surface area contributed by atoms with Crippen LogP contribution in [0.15, 0.2) is 30.1 Å². The second-order valence-electron chi connectivity index (χ2n) is 3.76. The van der Waals surface area contributed by atoms with Crippen molar-refractivity contribution in [2.24, 2.45) is 0 Å². The molecule has 15 heavy (non-hydrogen) atoms. The summed E-state index contributed by atoms with van der Waals surface area (Å²) in [4.78, 5) is 0. The molecule has 0 saturated carbocycles. The van der Waals surface area contributed by atoms with Crippen molar-refractivity contribution in [1.29, 1.82) is 0 Å². The van der Waals surface area contributed by atoms with E-state index in [0.717, 1.165) is 29.9 Å². The molecule has 0 atom stereocenters. The first-order valence-electron chi connectivity index (χ1n) is 5.18. The van der Waals surface area contributed by atoms with Crippen molar-refractivity contribution in [3.05, 3.63) is 47.0 Å². The van der Waals surface area contributed by atoms with Crippen LogP contribution in [0.2, 0.25) is 0 Å². The molecule has 0 saturated heterocycles. The molecule has 2 nitrogen and oxygen atoms in total. The van der Waals surface area contributed by atoms with Crippen LogP contribution in [0.5, 0.6) is 0 Å². The fourth-order valence-corrected chi connectivity index (χ4v) is 1.65. The maximum absolute atomic E-state index is 13.0. The molecule has 0 aliphatic carbocycles. The molecule has 0 bridgehead atoms. The molecule has 2 rings (SSSR count). The summed E-state index contributed by atoms with van der Waals surface area (Å²) in [6, 6.07) is 4.88. The van der Waals surface area contributed by atoms with E-state index in [-0.39, 0.29) is 5.82 Å². The van der Waals surface area contributed by atoms with Crippen molar-refractivity contribution < 1.29 is 4.39 Å². The highest BCUT2D eigenvalue weighted by molar-refractivity contribution is 5.27. The summed E-state index contributed by atoms with van der Waals surface area (Å²) in [6.07, 6.45) is 3.18. The predicted molar refractivity (Wildman–Crippen MR) is 58.7 cm³/mol. The summed E-state index contributed by atoms with van der Waals surface area (Å²) in [7, 11) is 0. The van der Waals surface area contributed by atoms with Gasteiger partial charge in [0, 0.05) is 13.1 Å². The molecule has 0 amide bonds. The predicted octanol–water partition coefficient (Wildman–Crippen LogP) is 2.06. The molecule has 0 unspecified atom stereocenters. The van der Waals surface area contributed by atoms with Gasteiger partial charge >= 0.3 is 0 Å². The van der Waals surface area contributed by atoms with Gasteiger partial charge in [-0.25, -0.2) is 4.39 Å². The summed E-state index contributed by atoms with van der Waals surface area (Å²) in [6.45, 7) is 3.65. The van der Waals surface area contributed by atoms with Gasteiger partial charge in [-0.2, -0.15) is 0 Å². The molecule has 1 aromatic rings. The molecular formula is C12H15FN2. The Bertz CT molecular complexity index is 385. The average Bonchev–Trinajstić information content (AvgIpc) is 2.72. The third kappa shape index (κ3) is 2.49. The van der Waals surface area contributed by atoms with Gasteiger partial charge in [0.2, 0.25) is 0 Å². The topological polar surface area (TPSA) is 24.1 Å². The number of rotatable bonds is 3. The van der Waals surface area contributed by atoms with Gasteiger partial charge in [-0.05, 0) is 42.7 Å². The minimum absolute atomic E-state index is 0.175. The van der Waals surface area contributed by atoms with Crippen LogP contribution in [0.25, 0.3) is 0 Å². The number of nitrogens with one attached hydrogen (secondary N) is 2. The summed E-state index contributed by atoms with van der Waals surface area (Å²) < 4.78 is 13.0. The zero-order valence-corrected chi connectivity index (χ0v) is 8.81. The molecule has 0 radical (unpaired) electrons. The zero-order valence-electron chi connectivity index (χ0n) is 8.81. The van der Waals surface area contributed by atoms with E-state index >= 15 is 0 Å². The van der Waals surface area contributed by atoms with E-state index in [1.807, 2.05) is 13.0 Å². The van der Waals surface area contributed by atoms with E-state index in [1.54, 1.807) is 6.07 Å². The Labute approximate surface area is 89.2 Å². The normalized spacial score (nSPS) is 14.7. The number of hydrogen-bond donors (Lipinski definition) is 2. The monoisotopic (exact) mass is 206 g/mol. The van der Waals surface area contributed by atoms with Crippen molar-refractivity contribution in [2.75, 3.05) is 6.54 Å².